The number of hydrogen-bond acceptors (Lipinski definition) is 3. The quantitative estimate of drug-likeness (QED) is 0.358. The van der Waals surface area contributed by atoms with E-state index in [2.05, 4.69) is 57.2 Å². The summed E-state index contributed by atoms with van der Waals surface area (Å²) in [4.78, 5) is 0. The van der Waals surface area contributed by atoms with Crippen molar-refractivity contribution in [1.82, 2.24) is 0 Å². The van der Waals surface area contributed by atoms with Crippen LogP contribution in [0.15, 0.2) is 52.9 Å². The molecule has 1 saturated carbocycles. The van der Waals surface area contributed by atoms with Gasteiger partial charge in [0.25, 0.3) is 11.6 Å². The largest absolute Gasteiger partial charge is 0.559 e. The van der Waals surface area contributed by atoms with Crippen LogP contribution in [0.2, 0.25) is 5.02 Å². The van der Waals surface area contributed by atoms with Crippen LogP contribution in [0.5, 0.6) is 0 Å². The zero-order valence-electron chi connectivity index (χ0n) is 17.9. The Morgan fingerprint density at radius 2 is 1.90 bits per heavy atom. The highest BCUT2D eigenvalue weighted by Gasteiger charge is 2.45. The second-order valence-electron chi connectivity index (χ2n) is 9.12. The third kappa shape index (κ3) is 4.34. The molecule has 0 radical (unpaired) electrons. The maximum absolute atomic E-state index is 13.0. The fourth-order valence-electron chi connectivity index (χ4n) is 4.84. The topological polar surface area (TPSA) is 44.7 Å². The van der Waals surface area contributed by atoms with Crippen LogP contribution in [-0.4, -0.2) is 16.4 Å². The second-order valence-corrected chi connectivity index (χ2v) is 10.4. The van der Waals surface area contributed by atoms with E-state index < -0.39 is 11.6 Å². The highest BCUT2D eigenvalue weighted by Crippen LogP contribution is 2.47. The van der Waals surface area contributed by atoms with E-state index in [0.717, 1.165) is 42.8 Å². The van der Waals surface area contributed by atoms with E-state index in [1.165, 1.54) is 16.7 Å². The monoisotopic (exact) mass is 443 g/mol. The molecule has 2 unspecified atom stereocenters. The Hall–Kier alpha value is -1.33. The number of benzene rings is 2. The summed E-state index contributed by atoms with van der Waals surface area (Å²) in [5, 5.41) is 0.734. The van der Waals surface area contributed by atoms with Crippen LogP contribution in [0.1, 0.15) is 69.1 Å². The van der Waals surface area contributed by atoms with Gasteiger partial charge in [-0.1, -0.05) is 75.2 Å². The predicted molar refractivity (Wildman–Crippen MR) is 125 cm³/mol. The summed E-state index contributed by atoms with van der Waals surface area (Å²) in [7, 11) is 0. The molecule has 2 aromatic carbocycles. The van der Waals surface area contributed by atoms with Crippen LogP contribution in [0, 0.1) is 5.92 Å². The Kier molecular flexibility index (Phi) is 6.59. The molecule has 2 aromatic rings. The van der Waals surface area contributed by atoms with E-state index in [9.17, 15) is 4.55 Å². The minimum absolute atomic E-state index is 0.0971. The number of fused-ring (bicyclic) bond motifs is 1. The third-order valence-electron chi connectivity index (χ3n) is 6.67. The van der Waals surface area contributed by atoms with Crippen LogP contribution in [0.3, 0.4) is 0 Å². The zero-order valence-corrected chi connectivity index (χ0v) is 19.5. The van der Waals surface area contributed by atoms with Gasteiger partial charge in [-0.3, -0.25) is 0 Å². The molecule has 0 bridgehead atoms. The molecule has 0 aliphatic heterocycles. The average Bonchev–Trinajstić information content (AvgIpc) is 2.97. The first-order valence-corrected chi connectivity index (χ1v) is 12.3. The molecule has 0 saturated heterocycles. The molecular weight excluding hydrogens is 414 g/mol. The number of rotatable bonds is 7. The molecule has 2 aliphatic carbocycles. The van der Waals surface area contributed by atoms with E-state index >= 15 is 0 Å². The first kappa shape index (κ1) is 21.9. The highest BCUT2D eigenvalue weighted by molar-refractivity contribution is 7.85. The lowest BCUT2D eigenvalue weighted by molar-refractivity contribution is 0.197. The molecule has 4 rings (SSSR count). The Morgan fingerprint density at radius 1 is 1.20 bits per heavy atom. The minimum Gasteiger partial charge on any atom is -0.559 e. The van der Waals surface area contributed by atoms with Crippen LogP contribution >= 0.6 is 11.6 Å². The first-order valence-electron chi connectivity index (χ1n) is 10.9. The van der Waals surface area contributed by atoms with Crippen molar-refractivity contribution in [1.29, 1.82) is 0 Å². The van der Waals surface area contributed by atoms with Gasteiger partial charge in [-0.15, -0.1) is 4.18 Å². The third-order valence-corrected chi connectivity index (χ3v) is 7.71. The normalized spacial score (nSPS) is 23.9. The van der Waals surface area contributed by atoms with Crippen LogP contribution in [0.4, 0.5) is 0 Å². The van der Waals surface area contributed by atoms with Crippen molar-refractivity contribution in [3.63, 3.8) is 0 Å². The van der Waals surface area contributed by atoms with Gasteiger partial charge >= 0.3 is 0 Å². The summed E-state index contributed by atoms with van der Waals surface area (Å²) in [5.74, 6) is 0.656. The fraction of sp³-hybridized carbons (Fsp3) is 0.480. The van der Waals surface area contributed by atoms with Crippen LogP contribution < -0.4 is 0 Å². The van der Waals surface area contributed by atoms with Gasteiger partial charge in [0, 0.05) is 22.8 Å². The minimum atomic E-state index is -1.70. The Bertz CT molecular complexity index is 908. The van der Waals surface area contributed by atoms with Crippen molar-refractivity contribution in [2.45, 2.75) is 70.3 Å². The van der Waals surface area contributed by atoms with Gasteiger partial charge in [-0.25, -0.2) is 0 Å². The van der Waals surface area contributed by atoms with E-state index in [-0.39, 0.29) is 17.4 Å². The van der Waals surface area contributed by atoms with Crippen molar-refractivity contribution < 1.29 is 8.74 Å². The summed E-state index contributed by atoms with van der Waals surface area (Å²) < 4.78 is 23.7. The Balaban J connectivity index is 1.57. The van der Waals surface area contributed by atoms with Crippen molar-refractivity contribution in [3.8, 4) is 0 Å². The van der Waals surface area contributed by atoms with Crippen LogP contribution in [-0.2, 0) is 27.7 Å². The van der Waals surface area contributed by atoms with Gasteiger partial charge in [-0.05, 0) is 58.4 Å². The highest BCUT2D eigenvalue weighted by atomic mass is 35.5. The van der Waals surface area contributed by atoms with E-state index in [0.29, 0.717) is 5.92 Å². The molecule has 0 heterocycles. The van der Waals surface area contributed by atoms with Gasteiger partial charge < -0.3 is 4.55 Å². The zero-order chi connectivity index (χ0) is 21.3. The molecule has 1 fully saturated rings. The van der Waals surface area contributed by atoms with Gasteiger partial charge in [-0.2, -0.15) is 0 Å². The van der Waals surface area contributed by atoms with Crippen molar-refractivity contribution in [3.05, 3.63) is 70.2 Å². The molecule has 160 valence electrons. The van der Waals surface area contributed by atoms with Crippen molar-refractivity contribution in [2.75, 3.05) is 0 Å². The molecule has 0 spiro atoms. The smallest absolute Gasteiger partial charge is 0.270 e. The summed E-state index contributed by atoms with van der Waals surface area (Å²) in [6.07, 6.45) is 4.73. The molecule has 5 heteroatoms. The molecule has 0 amide bonds. The second kappa shape index (κ2) is 9.04. The van der Waals surface area contributed by atoms with Gasteiger partial charge in [0.2, 0.25) is 0 Å². The number of halogens is 1. The fourth-order valence-corrected chi connectivity index (χ4v) is 5.89. The predicted octanol–water partition coefficient (Wildman–Crippen LogP) is 6.57. The maximum atomic E-state index is 13.0. The summed E-state index contributed by atoms with van der Waals surface area (Å²) in [6, 6.07) is 16.5. The lowest BCUT2D eigenvalue weighted by Gasteiger charge is -2.43. The van der Waals surface area contributed by atoms with Crippen LogP contribution in [0.25, 0.3) is 0 Å². The van der Waals surface area contributed by atoms with Crippen molar-refractivity contribution in [2.24, 2.45) is 10.3 Å². The lowest BCUT2D eigenvalue weighted by atomic mass is 9.60. The van der Waals surface area contributed by atoms with E-state index in [1.54, 1.807) is 0 Å². The lowest BCUT2D eigenvalue weighted by Crippen LogP contribution is -2.43. The van der Waals surface area contributed by atoms with Gasteiger partial charge in [0.05, 0.1) is 5.71 Å². The molecule has 3 atom stereocenters. The van der Waals surface area contributed by atoms with E-state index in [4.69, 9.17) is 20.2 Å². The first-order chi connectivity index (χ1) is 14.4. The molecular formula is C25H30ClNO2S. The summed E-state index contributed by atoms with van der Waals surface area (Å²) in [6.45, 7) is 6.51. The molecule has 0 aromatic heterocycles. The maximum Gasteiger partial charge on any atom is 0.270 e. The average molecular weight is 444 g/mol. The number of nitrogens with zero attached hydrogens (tertiary/aromatic N) is 1. The Morgan fingerprint density at radius 3 is 2.50 bits per heavy atom. The SMILES string of the molecule is CC(C)C/C(=N\[S+]([O-])OC1Cc2ccccc2[C@H]1C)C1(c2ccc(Cl)cc2)CCC1. The molecule has 0 N–H and O–H groups in total. The molecule has 2 aliphatic rings. The molecule has 3 nitrogen and oxygen atoms in total. The van der Waals surface area contributed by atoms with Crippen molar-refractivity contribution >= 4 is 29.0 Å². The van der Waals surface area contributed by atoms with Gasteiger partial charge in [0.1, 0.15) is 6.10 Å². The number of hydrogen-bond donors (Lipinski definition) is 0. The standard InChI is InChI=1S/C25H30ClNO2S/c1-17(2)15-24(25(13-6-14-25)20-9-11-21(26)12-10-20)27-30(28)29-23-16-19-7-4-5-8-22(19)18(23)3/h4-5,7-12,17-18,23H,6,13-16H2,1-3H3/b27-24+/t18-,23?,30?/m1/s1. The van der Waals surface area contributed by atoms with Gasteiger partial charge in [0.15, 0.2) is 0 Å². The van der Waals surface area contributed by atoms with E-state index in [1.807, 2.05) is 12.1 Å². The molecule has 30 heavy (non-hydrogen) atoms. The Labute approximate surface area is 188 Å². The summed E-state index contributed by atoms with van der Waals surface area (Å²) >= 11 is 4.42. The summed E-state index contributed by atoms with van der Waals surface area (Å²) in [5.41, 5.74) is 4.67.